The van der Waals surface area contributed by atoms with Crippen LogP contribution in [0.25, 0.3) is 0 Å². The summed E-state index contributed by atoms with van der Waals surface area (Å²) in [6, 6.07) is 5.88. The zero-order valence-corrected chi connectivity index (χ0v) is 10.6. The van der Waals surface area contributed by atoms with Gasteiger partial charge >= 0.3 is 0 Å². The highest BCUT2D eigenvalue weighted by Gasteiger charge is 2.18. The smallest absolute Gasteiger partial charge is 0.123 e. The molecular formula is C13H18ClNO. The van der Waals surface area contributed by atoms with Crippen molar-refractivity contribution in [3.63, 3.8) is 0 Å². The molecule has 0 unspecified atom stereocenters. The van der Waals surface area contributed by atoms with Gasteiger partial charge in [0.05, 0.1) is 0 Å². The van der Waals surface area contributed by atoms with E-state index in [0.29, 0.717) is 12.0 Å². The fourth-order valence-electron chi connectivity index (χ4n) is 1.99. The minimum absolute atomic E-state index is 0.304. The predicted octanol–water partition coefficient (Wildman–Crippen LogP) is 3.20. The van der Waals surface area contributed by atoms with E-state index in [1.807, 2.05) is 18.2 Å². The first-order valence-corrected chi connectivity index (χ1v) is 6.21. The molecule has 1 aromatic rings. The molecule has 3 heteroatoms. The van der Waals surface area contributed by atoms with Crippen molar-refractivity contribution in [3.8, 4) is 5.75 Å². The van der Waals surface area contributed by atoms with E-state index >= 15 is 0 Å². The van der Waals surface area contributed by atoms with Crippen LogP contribution in [0.2, 0.25) is 5.02 Å². The molecular weight excluding hydrogens is 222 g/mol. The van der Waals surface area contributed by atoms with Crippen molar-refractivity contribution < 1.29 is 4.74 Å². The second kappa shape index (κ2) is 5.07. The SMILES string of the molecule is CC(C)c1cc(Cl)ccc1O[C@H]1CCNC1. The van der Waals surface area contributed by atoms with Crippen LogP contribution in [0.5, 0.6) is 5.75 Å². The molecule has 1 heterocycles. The summed E-state index contributed by atoms with van der Waals surface area (Å²) in [5.74, 6) is 1.41. The highest BCUT2D eigenvalue weighted by atomic mass is 35.5. The first-order valence-electron chi connectivity index (χ1n) is 5.83. The summed E-state index contributed by atoms with van der Waals surface area (Å²) >= 11 is 6.01. The van der Waals surface area contributed by atoms with Gasteiger partial charge in [-0.3, -0.25) is 0 Å². The minimum atomic E-state index is 0.304. The fourth-order valence-corrected chi connectivity index (χ4v) is 2.17. The van der Waals surface area contributed by atoms with Gasteiger partial charge in [-0.25, -0.2) is 0 Å². The number of nitrogens with one attached hydrogen (secondary N) is 1. The van der Waals surface area contributed by atoms with Gasteiger partial charge in [-0.1, -0.05) is 25.4 Å². The first-order chi connectivity index (χ1) is 7.66. The number of ether oxygens (including phenoxy) is 1. The van der Waals surface area contributed by atoms with E-state index in [1.54, 1.807) is 0 Å². The van der Waals surface area contributed by atoms with Crippen LogP contribution in [-0.2, 0) is 0 Å². The Hall–Kier alpha value is -0.730. The van der Waals surface area contributed by atoms with E-state index in [1.165, 1.54) is 5.56 Å². The van der Waals surface area contributed by atoms with Crippen LogP contribution in [0.1, 0.15) is 31.7 Å². The molecule has 0 aromatic heterocycles. The third kappa shape index (κ3) is 2.69. The Morgan fingerprint density at radius 2 is 2.25 bits per heavy atom. The van der Waals surface area contributed by atoms with Gasteiger partial charge in [-0.2, -0.15) is 0 Å². The summed E-state index contributed by atoms with van der Waals surface area (Å²) in [6.45, 7) is 6.31. The fraction of sp³-hybridized carbons (Fsp3) is 0.538. The molecule has 1 saturated heterocycles. The quantitative estimate of drug-likeness (QED) is 0.875. The van der Waals surface area contributed by atoms with E-state index in [-0.39, 0.29) is 0 Å². The highest BCUT2D eigenvalue weighted by Crippen LogP contribution is 2.30. The predicted molar refractivity (Wildman–Crippen MR) is 67.4 cm³/mol. The van der Waals surface area contributed by atoms with Crippen molar-refractivity contribution in [2.75, 3.05) is 13.1 Å². The van der Waals surface area contributed by atoms with Crippen LogP contribution in [0, 0.1) is 0 Å². The molecule has 0 radical (unpaired) electrons. The van der Waals surface area contributed by atoms with Crippen LogP contribution in [0.4, 0.5) is 0 Å². The molecule has 0 spiro atoms. The Bertz CT molecular complexity index is 359. The number of rotatable bonds is 3. The maximum absolute atomic E-state index is 6.01. The first kappa shape index (κ1) is 11.7. The van der Waals surface area contributed by atoms with E-state index < -0.39 is 0 Å². The van der Waals surface area contributed by atoms with Gasteiger partial charge in [-0.15, -0.1) is 0 Å². The largest absolute Gasteiger partial charge is 0.489 e. The van der Waals surface area contributed by atoms with Crippen LogP contribution < -0.4 is 10.1 Å². The third-order valence-electron chi connectivity index (χ3n) is 2.90. The molecule has 0 saturated carbocycles. The summed E-state index contributed by atoms with van der Waals surface area (Å²) in [6.07, 6.45) is 1.39. The Balaban J connectivity index is 2.18. The maximum atomic E-state index is 6.01. The van der Waals surface area contributed by atoms with Gasteiger partial charge in [0.15, 0.2) is 0 Å². The third-order valence-corrected chi connectivity index (χ3v) is 3.14. The molecule has 1 aliphatic heterocycles. The Labute approximate surface area is 102 Å². The van der Waals surface area contributed by atoms with Gasteiger partial charge in [0, 0.05) is 11.6 Å². The number of benzene rings is 1. The lowest BCUT2D eigenvalue weighted by atomic mass is 10.0. The van der Waals surface area contributed by atoms with Gasteiger partial charge in [0.1, 0.15) is 11.9 Å². The van der Waals surface area contributed by atoms with Crippen LogP contribution in [0.15, 0.2) is 18.2 Å². The van der Waals surface area contributed by atoms with E-state index in [4.69, 9.17) is 16.3 Å². The van der Waals surface area contributed by atoms with Gasteiger partial charge in [-0.05, 0) is 42.6 Å². The van der Waals surface area contributed by atoms with Crippen LogP contribution in [0.3, 0.4) is 0 Å². The summed E-state index contributed by atoms with van der Waals surface area (Å²) in [5.41, 5.74) is 1.19. The Morgan fingerprint density at radius 1 is 1.44 bits per heavy atom. The number of hydrogen-bond acceptors (Lipinski definition) is 2. The van der Waals surface area contributed by atoms with Crippen molar-refractivity contribution in [3.05, 3.63) is 28.8 Å². The summed E-state index contributed by atoms with van der Waals surface area (Å²) < 4.78 is 6.00. The van der Waals surface area contributed by atoms with E-state index in [0.717, 1.165) is 30.3 Å². The molecule has 1 fully saturated rings. The van der Waals surface area contributed by atoms with Crippen molar-refractivity contribution in [1.82, 2.24) is 5.32 Å². The molecule has 0 amide bonds. The average Bonchev–Trinajstić information content (AvgIpc) is 2.73. The Kier molecular flexibility index (Phi) is 3.72. The normalized spacial score (nSPS) is 20.4. The lowest BCUT2D eigenvalue weighted by Crippen LogP contribution is -2.20. The second-order valence-electron chi connectivity index (χ2n) is 4.57. The monoisotopic (exact) mass is 239 g/mol. The molecule has 2 rings (SSSR count). The standard InChI is InChI=1S/C13H18ClNO/c1-9(2)12-7-10(14)3-4-13(12)16-11-5-6-15-8-11/h3-4,7,9,11,15H,5-6,8H2,1-2H3/t11-/m0/s1. The number of hydrogen-bond donors (Lipinski definition) is 1. The summed E-state index contributed by atoms with van der Waals surface area (Å²) in [7, 11) is 0. The summed E-state index contributed by atoms with van der Waals surface area (Å²) in [5, 5.41) is 4.08. The molecule has 0 aliphatic carbocycles. The average molecular weight is 240 g/mol. The van der Waals surface area contributed by atoms with E-state index in [2.05, 4.69) is 19.2 Å². The molecule has 1 aromatic carbocycles. The maximum Gasteiger partial charge on any atom is 0.123 e. The highest BCUT2D eigenvalue weighted by molar-refractivity contribution is 6.30. The zero-order valence-electron chi connectivity index (χ0n) is 9.79. The zero-order chi connectivity index (χ0) is 11.5. The van der Waals surface area contributed by atoms with Crippen molar-refractivity contribution in [1.29, 1.82) is 0 Å². The van der Waals surface area contributed by atoms with Crippen molar-refractivity contribution in [2.45, 2.75) is 32.3 Å². The molecule has 16 heavy (non-hydrogen) atoms. The van der Waals surface area contributed by atoms with Crippen molar-refractivity contribution in [2.24, 2.45) is 0 Å². The lowest BCUT2D eigenvalue weighted by molar-refractivity contribution is 0.220. The van der Waals surface area contributed by atoms with Gasteiger partial charge in [0.2, 0.25) is 0 Å². The van der Waals surface area contributed by atoms with E-state index in [9.17, 15) is 0 Å². The van der Waals surface area contributed by atoms with Crippen molar-refractivity contribution >= 4 is 11.6 Å². The molecule has 1 atom stereocenters. The molecule has 0 bridgehead atoms. The molecule has 1 N–H and O–H groups in total. The van der Waals surface area contributed by atoms with Crippen LogP contribution in [-0.4, -0.2) is 19.2 Å². The second-order valence-corrected chi connectivity index (χ2v) is 5.01. The molecule has 2 nitrogen and oxygen atoms in total. The molecule has 1 aliphatic rings. The van der Waals surface area contributed by atoms with Gasteiger partial charge in [0.25, 0.3) is 0 Å². The summed E-state index contributed by atoms with van der Waals surface area (Å²) in [4.78, 5) is 0. The van der Waals surface area contributed by atoms with Gasteiger partial charge < -0.3 is 10.1 Å². The Morgan fingerprint density at radius 3 is 2.88 bits per heavy atom. The number of halogens is 1. The van der Waals surface area contributed by atoms with Crippen LogP contribution >= 0.6 is 11.6 Å². The molecule has 88 valence electrons. The topological polar surface area (TPSA) is 21.3 Å². The lowest BCUT2D eigenvalue weighted by Gasteiger charge is -2.18. The minimum Gasteiger partial charge on any atom is -0.489 e.